The normalized spacial score (nSPS) is 23.6. The third-order valence-corrected chi connectivity index (χ3v) is 4.66. The van der Waals surface area contributed by atoms with Crippen LogP contribution in [0.5, 0.6) is 0 Å². The highest BCUT2D eigenvalue weighted by atomic mass is 32.1. The van der Waals surface area contributed by atoms with Gasteiger partial charge in [-0.05, 0) is 46.1 Å². The van der Waals surface area contributed by atoms with Gasteiger partial charge in [0.2, 0.25) is 0 Å². The van der Waals surface area contributed by atoms with Crippen molar-refractivity contribution in [1.82, 2.24) is 10.2 Å². The van der Waals surface area contributed by atoms with Crippen molar-refractivity contribution in [2.45, 2.75) is 51.9 Å². The van der Waals surface area contributed by atoms with Gasteiger partial charge in [-0.25, -0.2) is 0 Å². The van der Waals surface area contributed by atoms with Crippen molar-refractivity contribution in [1.29, 1.82) is 0 Å². The molecule has 1 atom stereocenters. The van der Waals surface area contributed by atoms with E-state index in [1.54, 1.807) is 0 Å². The van der Waals surface area contributed by atoms with Gasteiger partial charge in [0.05, 0.1) is 11.2 Å². The van der Waals surface area contributed by atoms with E-state index in [1.807, 2.05) is 11.3 Å². The molecule has 1 N–H and O–H groups in total. The predicted molar refractivity (Wildman–Crippen MR) is 86.4 cm³/mol. The molecule has 1 aliphatic rings. The van der Waals surface area contributed by atoms with Gasteiger partial charge < -0.3 is 10.1 Å². The number of nitrogens with zero attached hydrogens (tertiary/aromatic N) is 1. The number of hydrogen-bond acceptors (Lipinski definition) is 4. The SMILES string of the molecule is CC(NCCN1CC(C)(C)OC(C)(C)C1)c1cccs1. The molecule has 1 aliphatic heterocycles. The molecule has 0 radical (unpaired) electrons. The molecule has 0 bridgehead atoms. The molecular formula is C16H28N2OS. The second-order valence-electron chi connectivity index (χ2n) is 7.02. The molecule has 2 heterocycles. The standard InChI is InChI=1S/C16H28N2OS/c1-13(14-7-6-10-20-14)17-8-9-18-11-15(2,3)19-16(4,5)12-18/h6-7,10,13,17H,8-9,11-12H2,1-5H3. The Kier molecular flexibility index (Phi) is 4.90. The van der Waals surface area contributed by atoms with E-state index in [0.717, 1.165) is 26.2 Å². The van der Waals surface area contributed by atoms with Crippen molar-refractivity contribution in [2.24, 2.45) is 0 Å². The lowest BCUT2D eigenvalue weighted by molar-refractivity contribution is -0.180. The van der Waals surface area contributed by atoms with E-state index >= 15 is 0 Å². The Morgan fingerprint density at radius 1 is 1.30 bits per heavy atom. The Bertz CT molecular complexity index is 398. The summed E-state index contributed by atoms with van der Waals surface area (Å²) in [6.45, 7) is 15.1. The van der Waals surface area contributed by atoms with Gasteiger partial charge in [-0.15, -0.1) is 11.3 Å². The minimum absolute atomic E-state index is 0.0544. The van der Waals surface area contributed by atoms with Crippen molar-refractivity contribution in [2.75, 3.05) is 26.2 Å². The highest BCUT2D eigenvalue weighted by molar-refractivity contribution is 7.10. The van der Waals surface area contributed by atoms with E-state index in [-0.39, 0.29) is 11.2 Å². The fourth-order valence-electron chi connectivity index (χ4n) is 3.18. The third-order valence-electron chi connectivity index (χ3n) is 3.61. The van der Waals surface area contributed by atoms with Crippen LogP contribution in [0.4, 0.5) is 0 Å². The molecule has 0 saturated carbocycles. The minimum atomic E-state index is -0.0544. The largest absolute Gasteiger partial charge is 0.367 e. The monoisotopic (exact) mass is 296 g/mol. The molecule has 1 aromatic rings. The first-order valence-corrected chi connectivity index (χ1v) is 8.35. The Balaban J connectivity index is 1.79. The molecule has 4 heteroatoms. The molecule has 0 aliphatic carbocycles. The van der Waals surface area contributed by atoms with Gasteiger partial charge in [0.1, 0.15) is 0 Å². The molecule has 20 heavy (non-hydrogen) atoms. The Hall–Kier alpha value is -0.420. The Labute approximate surface area is 127 Å². The first kappa shape index (κ1) is 16.0. The van der Waals surface area contributed by atoms with Crippen LogP contribution in [-0.2, 0) is 4.74 Å². The van der Waals surface area contributed by atoms with Crippen LogP contribution in [0.15, 0.2) is 17.5 Å². The van der Waals surface area contributed by atoms with Gasteiger partial charge in [0.15, 0.2) is 0 Å². The summed E-state index contributed by atoms with van der Waals surface area (Å²) in [7, 11) is 0. The summed E-state index contributed by atoms with van der Waals surface area (Å²) < 4.78 is 6.12. The Morgan fingerprint density at radius 3 is 2.50 bits per heavy atom. The fraction of sp³-hybridized carbons (Fsp3) is 0.750. The fourth-order valence-corrected chi connectivity index (χ4v) is 3.94. The van der Waals surface area contributed by atoms with E-state index in [1.165, 1.54) is 4.88 Å². The quantitative estimate of drug-likeness (QED) is 0.902. The van der Waals surface area contributed by atoms with Crippen molar-refractivity contribution in [3.8, 4) is 0 Å². The molecule has 1 unspecified atom stereocenters. The second kappa shape index (κ2) is 6.14. The van der Waals surface area contributed by atoms with E-state index in [0.29, 0.717) is 6.04 Å². The number of morpholine rings is 1. The van der Waals surface area contributed by atoms with Crippen LogP contribution in [0.2, 0.25) is 0 Å². The summed E-state index contributed by atoms with van der Waals surface area (Å²) in [5.41, 5.74) is -0.109. The van der Waals surface area contributed by atoms with Gasteiger partial charge in [0, 0.05) is 37.1 Å². The molecule has 0 amide bonds. The van der Waals surface area contributed by atoms with Crippen LogP contribution < -0.4 is 5.32 Å². The highest BCUT2D eigenvalue weighted by Gasteiger charge is 2.37. The maximum atomic E-state index is 6.12. The van der Waals surface area contributed by atoms with Crippen LogP contribution in [-0.4, -0.2) is 42.3 Å². The summed E-state index contributed by atoms with van der Waals surface area (Å²) in [5, 5.41) is 5.75. The van der Waals surface area contributed by atoms with Crippen molar-refractivity contribution in [3.63, 3.8) is 0 Å². The zero-order chi connectivity index (χ0) is 14.8. The zero-order valence-electron chi connectivity index (χ0n) is 13.4. The number of hydrogen-bond donors (Lipinski definition) is 1. The van der Waals surface area contributed by atoms with Crippen LogP contribution in [0.3, 0.4) is 0 Å². The molecule has 2 rings (SSSR count). The molecule has 114 valence electrons. The van der Waals surface area contributed by atoms with E-state index < -0.39 is 0 Å². The maximum absolute atomic E-state index is 6.12. The van der Waals surface area contributed by atoms with Crippen molar-refractivity contribution < 1.29 is 4.74 Å². The third kappa shape index (κ3) is 4.55. The van der Waals surface area contributed by atoms with Gasteiger partial charge >= 0.3 is 0 Å². The van der Waals surface area contributed by atoms with E-state index in [2.05, 4.69) is 62.3 Å². The number of thiophene rings is 1. The van der Waals surface area contributed by atoms with Crippen LogP contribution >= 0.6 is 11.3 Å². The molecular weight excluding hydrogens is 268 g/mol. The molecule has 1 aromatic heterocycles. The molecule has 1 saturated heterocycles. The second-order valence-corrected chi connectivity index (χ2v) is 8.00. The molecule has 3 nitrogen and oxygen atoms in total. The topological polar surface area (TPSA) is 24.5 Å². The minimum Gasteiger partial charge on any atom is -0.367 e. The number of rotatable bonds is 5. The summed E-state index contributed by atoms with van der Waals surface area (Å²) >= 11 is 1.82. The van der Waals surface area contributed by atoms with E-state index in [4.69, 9.17) is 4.74 Å². The van der Waals surface area contributed by atoms with Crippen molar-refractivity contribution in [3.05, 3.63) is 22.4 Å². The molecule has 0 aromatic carbocycles. The summed E-state index contributed by atoms with van der Waals surface area (Å²) in [6.07, 6.45) is 0. The lowest BCUT2D eigenvalue weighted by atomic mass is 9.99. The lowest BCUT2D eigenvalue weighted by Crippen LogP contribution is -2.58. The number of nitrogens with one attached hydrogen (secondary N) is 1. The molecule has 0 spiro atoms. The average Bonchev–Trinajstić information content (AvgIpc) is 2.77. The Morgan fingerprint density at radius 2 is 1.95 bits per heavy atom. The average molecular weight is 296 g/mol. The van der Waals surface area contributed by atoms with Gasteiger partial charge in [-0.3, -0.25) is 4.90 Å². The van der Waals surface area contributed by atoms with E-state index in [9.17, 15) is 0 Å². The van der Waals surface area contributed by atoms with Crippen LogP contribution in [0.25, 0.3) is 0 Å². The van der Waals surface area contributed by atoms with Gasteiger partial charge in [0.25, 0.3) is 0 Å². The summed E-state index contributed by atoms with van der Waals surface area (Å²) in [5.74, 6) is 0. The van der Waals surface area contributed by atoms with Gasteiger partial charge in [-0.2, -0.15) is 0 Å². The van der Waals surface area contributed by atoms with Crippen LogP contribution in [0, 0.1) is 0 Å². The first-order valence-electron chi connectivity index (χ1n) is 7.47. The zero-order valence-corrected chi connectivity index (χ0v) is 14.2. The lowest BCUT2D eigenvalue weighted by Gasteiger charge is -2.47. The highest BCUT2D eigenvalue weighted by Crippen LogP contribution is 2.27. The van der Waals surface area contributed by atoms with Gasteiger partial charge in [-0.1, -0.05) is 6.07 Å². The maximum Gasteiger partial charge on any atom is 0.0760 e. The summed E-state index contributed by atoms with van der Waals surface area (Å²) in [6, 6.07) is 4.76. The predicted octanol–water partition coefficient (Wildman–Crippen LogP) is 3.29. The molecule has 1 fully saturated rings. The number of ether oxygens (including phenoxy) is 1. The smallest absolute Gasteiger partial charge is 0.0760 e. The van der Waals surface area contributed by atoms with Crippen LogP contribution in [0.1, 0.15) is 45.5 Å². The first-order chi connectivity index (χ1) is 9.27. The van der Waals surface area contributed by atoms with Crippen molar-refractivity contribution >= 4 is 11.3 Å². The summed E-state index contributed by atoms with van der Waals surface area (Å²) in [4.78, 5) is 3.92.